The quantitative estimate of drug-likeness (QED) is 0.614. The van der Waals surface area contributed by atoms with Crippen LogP contribution in [0, 0.1) is 6.92 Å². The van der Waals surface area contributed by atoms with E-state index in [-0.39, 0.29) is 12.5 Å². The van der Waals surface area contributed by atoms with Crippen molar-refractivity contribution in [2.45, 2.75) is 33.9 Å². The van der Waals surface area contributed by atoms with E-state index in [0.29, 0.717) is 25.4 Å². The molecule has 1 N–H and O–H groups in total. The molecular weight excluding hydrogens is 358 g/mol. The maximum atomic E-state index is 12.1. The highest BCUT2D eigenvalue weighted by Gasteiger charge is 2.09. The molecule has 0 aliphatic rings. The Hall–Kier alpha value is -3.29. The van der Waals surface area contributed by atoms with Crippen LogP contribution in [0.1, 0.15) is 25.0 Å². The maximum Gasteiger partial charge on any atom is 0.246 e. The summed E-state index contributed by atoms with van der Waals surface area (Å²) < 4.78 is 14.6. The lowest BCUT2D eigenvalue weighted by molar-refractivity contribution is -0.116. The number of aromatic nitrogens is 4. The molecule has 0 fully saturated rings. The summed E-state index contributed by atoms with van der Waals surface area (Å²) in [5.41, 5.74) is 2.69. The summed E-state index contributed by atoms with van der Waals surface area (Å²) in [7, 11) is 0. The number of amides is 1. The van der Waals surface area contributed by atoms with Crippen LogP contribution in [0.15, 0.2) is 43.0 Å². The smallest absolute Gasteiger partial charge is 0.246 e. The van der Waals surface area contributed by atoms with Gasteiger partial charge in [0.25, 0.3) is 0 Å². The molecule has 0 atom stereocenters. The van der Waals surface area contributed by atoms with Gasteiger partial charge in [-0.05, 0) is 44.0 Å². The average Bonchev–Trinajstić information content (AvgIpc) is 3.26. The van der Waals surface area contributed by atoms with Crippen molar-refractivity contribution in [3.8, 4) is 11.5 Å². The number of nitrogens with zero attached hydrogens (tertiary/aromatic N) is 4. The fourth-order valence-corrected chi connectivity index (χ4v) is 2.80. The number of nitrogens with one attached hydrogen (secondary N) is 1. The number of hydrogen-bond acceptors (Lipinski definition) is 5. The highest BCUT2D eigenvalue weighted by atomic mass is 16.5. The van der Waals surface area contributed by atoms with Crippen molar-refractivity contribution in [1.29, 1.82) is 0 Å². The first-order valence-electron chi connectivity index (χ1n) is 9.27. The molecule has 28 heavy (non-hydrogen) atoms. The van der Waals surface area contributed by atoms with E-state index in [4.69, 9.17) is 9.47 Å². The first-order chi connectivity index (χ1) is 13.6. The highest BCUT2D eigenvalue weighted by molar-refractivity contribution is 5.90. The lowest BCUT2D eigenvalue weighted by Crippen LogP contribution is -2.18. The molecule has 2 heterocycles. The SMILES string of the molecule is CCOc1ccc(Cn2cc(NC(=O)Cn3cc(C)cn3)cn2)cc1OCC. The summed E-state index contributed by atoms with van der Waals surface area (Å²) in [4.78, 5) is 12.1. The van der Waals surface area contributed by atoms with E-state index in [2.05, 4.69) is 15.5 Å². The van der Waals surface area contributed by atoms with Gasteiger partial charge in [-0.15, -0.1) is 0 Å². The molecule has 0 radical (unpaired) electrons. The van der Waals surface area contributed by atoms with Crippen molar-refractivity contribution in [2.24, 2.45) is 0 Å². The Morgan fingerprint density at radius 2 is 1.79 bits per heavy atom. The van der Waals surface area contributed by atoms with Crippen LogP contribution in [0.5, 0.6) is 11.5 Å². The standard InChI is InChI=1S/C20H25N5O3/c1-4-27-18-7-6-16(8-19(18)28-5-2)12-25-13-17(10-22-25)23-20(26)14-24-11-15(3)9-21-24/h6-11,13H,4-5,12,14H2,1-3H3,(H,23,26). The fourth-order valence-electron chi connectivity index (χ4n) is 2.80. The summed E-state index contributed by atoms with van der Waals surface area (Å²) in [6.45, 7) is 7.68. The molecule has 0 aliphatic carbocycles. The number of ether oxygens (including phenoxy) is 2. The van der Waals surface area contributed by atoms with Crippen LogP contribution in [0.3, 0.4) is 0 Å². The number of benzene rings is 1. The minimum absolute atomic E-state index is 0.151. The average molecular weight is 383 g/mol. The van der Waals surface area contributed by atoms with Crippen LogP contribution in [-0.2, 0) is 17.9 Å². The summed E-state index contributed by atoms with van der Waals surface area (Å²) in [6, 6.07) is 5.84. The van der Waals surface area contributed by atoms with E-state index < -0.39 is 0 Å². The molecule has 1 amide bonds. The molecule has 0 spiro atoms. The van der Waals surface area contributed by atoms with Crippen molar-refractivity contribution in [1.82, 2.24) is 19.6 Å². The fraction of sp³-hybridized carbons (Fsp3) is 0.350. The largest absolute Gasteiger partial charge is 0.490 e. The van der Waals surface area contributed by atoms with E-state index in [1.165, 1.54) is 0 Å². The molecule has 0 saturated carbocycles. The molecule has 0 unspecified atom stereocenters. The molecule has 2 aromatic heterocycles. The highest BCUT2D eigenvalue weighted by Crippen LogP contribution is 2.28. The predicted molar refractivity (Wildman–Crippen MR) is 106 cm³/mol. The van der Waals surface area contributed by atoms with Crippen molar-refractivity contribution in [3.05, 3.63) is 54.1 Å². The van der Waals surface area contributed by atoms with Crippen LogP contribution in [0.2, 0.25) is 0 Å². The summed E-state index contributed by atoms with van der Waals surface area (Å²) >= 11 is 0. The third-order valence-corrected chi connectivity index (χ3v) is 3.94. The molecule has 0 bridgehead atoms. The Morgan fingerprint density at radius 1 is 1.04 bits per heavy atom. The number of aryl methyl sites for hydroxylation is 1. The van der Waals surface area contributed by atoms with Crippen molar-refractivity contribution in [3.63, 3.8) is 0 Å². The van der Waals surface area contributed by atoms with Gasteiger partial charge >= 0.3 is 0 Å². The second kappa shape index (κ2) is 9.07. The molecule has 8 nitrogen and oxygen atoms in total. The number of hydrogen-bond donors (Lipinski definition) is 1. The minimum Gasteiger partial charge on any atom is -0.490 e. The van der Waals surface area contributed by atoms with Gasteiger partial charge in [-0.25, -0.2) is 0 Å². The van der Waals surface area contributed by atoms with Crippen LogP contribution < -0.4 is 14.8 Å². The second-order valence-electron chi connectivity index (χ2n) is 6.34. The molecule has 3 aromatic rings. The molecule has 148 valence electrons. The Kier molecular flexibility index (Phi) is 6.31. The van der Waals surface area contributed by atoms with Crippen LogP contribution in [0.25, 0.3) is 0 Å². The predicted octanol–water partition coefficient (Wildman–Crippen LogP) is 2.87. The Bertz CT molecular complexity index is 932. The van der Waals surface area contributed by atoms with Gasteiger partial charge < -0.3 is 14.8 Å². The van der Waals surface area contributed by atoms with E-state index >= 15 is 0 Å². The van der Waals surface area contributed by atoms with Crippen LogP contribution in [-0.4, -0.2) is 38.7 Å². The molecule has 1 aromatic carbocycles. The third-order valence-electron chi connectivity index (χ3n) is 3.94. The Labute approximate surface area is 164 Å². The van der Waals surface area contributed by atoms with Gasteiger partial charge in [0.1, 0.15) is 6.54 Å². The van der Waals surface area contributed by atoms with Crippen molar-refractivity contribution in [2.75, 3.05) is 18.5 Å². The lowest BCUT2D eigenvalue weighted by atomic mass is 10.2. The number of anilines is 1. The van der Waals surface area contributed by atoms with Gasteiger partial charge in [-0.1, -0.05) is 6.07 Å². The van der Waals surface area contributed by atoms with Crippen LogP contribution in [0.4, 0.5) is 5.69 Å². The molecular formula is C20H25N5O3. The van der Waals surface area contributed by atoms with Gasteiger partial charge in [0.05, 0.1) is 37.8 Å². The van der Waals surface area contributed by atoms with E-state index in [0.717, 1.165) is 22.6 Å². The number of carbonyl (C=O) groups is 1. The first kappa shape index (κ1) is 19.5. The normalized spacial score (nSPS) is 10.7. The second-order valence-corrected chi connectivity index (χ2v) is 6.34. The van der Waals surface area contributed by atoms with E-state index in [9.17, 15) is 4.79 Å². The molecule has 0 aliphatic heterocycles. The first-order valence-corrected chi connectivity index (χ1v) is 9.27. The zero-order valence-electron chi connectivity index (χ0n) is 16.4. The Balaban J connectivity index is 1.62. The van der Waals surface area contributed by atoms with Crippen LogP contribution >= 0.6 is 0 Å². The lowest BCUT2D eigenvalue weighted by Gasteiger charge is -2.12. The minimum atomic E-state index is -0.151. The van der Waals surface area contributed by atoms with Gasteiger partial charge in [0, 0.05) is 12.4 Å². The summed E-state index contributed by atoms with van der Waals surface area (Å²) in [6.07, 6.45) is 6.97. The Morgan fingerprint density at radius 3 is 2.50 bits per heavy atom. The van der Waals surface area contributed by atoms with Gasteiger partial charge in [-0.2, -0.15) is 10.2 Å². The topological polar surface area (TPSA) is 83.2 Å². The molecule has 3 rings (SSSR count). The zero-order valence-corrected chi connectivity index (χ0v) is 16.4. The van der Waals surface area contributed by atoms with E-state index in [1.807, 2.05) is 45.2 Å². The molecule has 0 saturated heterocycles. The van der Waals surface area contributed by atoms with Gasteiger partial charge in [0.2, 0.25) is 5.91 Å². The molecule has 8 heteroatoms. The maximum absolute atomic E-state index is 12.1. The van der Waals surface area contributed by atoms with Crippen molar-refractivity contribution < 1.29 is 14.3 Å². The van der Waals surface area contributed by atoms with E-state index in [1.54, 1.807) is 28.0 Å². The number of rotatable bonds is 9. The summed E-state index contributed by atoms with van der Waals surface area (Å²) in [5.74, 6) is 1.30. The van der Waals surface area contributed by atoms with Crippen molar-refractivity contribution >= 4 is 11.6 Å². The van der Waals surface area contributed by atoms with Gasteiger partial charge in [-0.3, -0.25) is 14.2 Å². The summed E-state index contributed by atoms with van der Waals surface area (Å²) in [5, 5.41) is 11.3. The monoisotopic (exact) mass is 383 g/mol. The third kappa shape index (κ3) is 5.12. The zero-order chi connectivity index (χ0) is 19.9. The number of carbonyl (C=O) groups excluding carboxylic acids is 1. The van der Waals surface area contributed by atoms with Gasteiger partial charge in [0.15, 0.2) is 11.5 Å².